The summed E-state index contributed by atoms with van der Waals surface area (Å²) in [6, 6.07) is 4.21. The van der Waals surface area contributed by atoms with Crippen LogP contribution in [0.2, 0.25) is 0 Å². The Labute approximate surface area is 188 Å². The van der Waals surface area contributed by atoms with Gasteiger partial charge in [0, 0.05) is 45.9 Å². The monoisotopic (exact) mass is 447 g/mol. The van der Waals surface area contributed by atoms with Crippen molar-refractivity contribution in [3.8, 4) is 0 Å². The Kier molecular flexibility index (Phi) is 8.20. The fraction of sp³-hybridized carbons (Fsp3) is 0.609. The Balaban J connectivity index is 1.95. The molecule has 8 nitrogen and oxygen atoms in total. The zero-order valence-electron chi connectivity index (χ0n) is 19.1. The summed E-state index contributed by atoms with van der Waals surface area (Å²) in [5, 5.41) is 3.24. The summed E-state index contributed by atoms with van der Waals surface area (Å²) in [7, 11) is 1.65. The van der Waals surface area contributed by atoms with Crippen molar-refractivity contribution in [1.82, 2.24) is 19.8 Å². The minimum Gasteiger partial charge on any atom is -0.385 e. The molecule has 0 aliphatic carbocycles. The van der Waals surface area contributed by atoms with Crippen LogP contribution in [0.15, 0.2) is 18.2 Å². The highest BCUT2D eigenvalue weighted by molar-refractivity contribution is 5.95. The molecule has 0 saturated carbocycles. The van der Waals surface area contributed by atoms with Gasteiger partial charge in [-0.1, -0.05) is 13.8 Å². The van der Waals surface area contributed by atoms with Crippen LogP contribution in [0, 0.1) is 17.7 Å². The van der Waals surface area contributed by atoms with Crippen LogP contribution < -0.4 is 11.1 Å². The Morgan fingerprint density at radius 2 is 2.12 bits per heavy atom. The number of nitrogens with two attached hydrogens (primary N) is 1. The second-order valence-electron chi connectivity index (χ2n) is 8.92. The van der Waals surface area contributed by atoms with Crippen LogP contribution >= 0.6 is 0 Å². The number of primary amides is 1. The second kappa shape index (κ2) is 10.9. The number of benzene rings is 1. The Morgan fingerprint density at radius 3 is 2.81 bits per heavy atom. The van der Waals surface area contributed by atoms with Crippen LogP contribution in [-0.2, 0) is 16.1 Å². The van der Waals surface area contributed by atoms with Gasteiger partial charge in [0.2, 0.25) is 5.91 Å². The molecule has 9 heteroatoms. The highest BCUT2D eigenvalue weighted by Crippen LogP contribution is 2.23. The van der Waals surface area contributed by atoms with Crippen molar-refractivity contribution in [3.05, 3.63) is 29.8 Å². The summed E-state index contributed by atoms with van der Waals surface area (Å²) in [4.78, 5) is 32.0. The third-order valence-electron chi connectivity index (χ3n) is 5.87. The third-order valence-corrected chi connectivity index (χ3v) is 5.87. The highest BCUT2D eigenvalue weighted by Gasteiger charge is 2.34. The number of hydrogen-bond acceptors (Lipinski definition) is 5. The molecule has 2 unspecified atom stereocenters. The zero-order valence-corrected chi connectivity index (χ0v) is 19.1. The number of carbonyl (C=O) groups is 2. The first-order chi connectivity index (χ1) is 15.3. The maximum absolute atomic E-state index is 14.0. The summed E-state index contributed by atoms with van der Waals surface area (Å²) in [6.07, 6.45) is 2.11. The number of aryl methyl sites for hydroxylation is 1. The van der Waals surface area contributed by atoms with Crippen molar-refractivity contribution >= 4 is 22.8 Å². The lowest BCUT2D eigenvalue weighted by atomic mass is 9.93. The molecular formula is C23H34FN5O3. The van der Waals surface area contributed by atoms with Crippen molar-refractivity contribution < 1.29 is 18.7 Å². The lowest BCUT2D eigenvalue weighted by Crippen LogP contribution is -2.54. The van der Waals surface area contributed by atoms with E-state index in [4.69, 9.17) is 10.5 Å². The zero-order chi connectivity index (χ0) is 23.3. The minimum absolute atomic E-state index is 0.172. The normalized spacial score (nSPS) is 18.9. The number of nitrogens with one attached hydrogen (secondary N) is 1. The van der Waals surface area contributed by atoms with Crippen LogP contribution in [0.4, 0.5) is 4.39 Å². The van der Waals surface area contributed by atoms with Gasteiger partial charge in [-0.25, -0.2) is 9.37 Å². The lowest BCUT2D eigenvalue weighted by Gasteiger charge is -2.38. The molecule has 32 heavy (non-hydrogen) atoms. The Morgan fingerprint density at radius 1 is 1.34 bits per heavy atom. The summed E-state index contributed by atoms with van der Waals surface area (Å²) < 4.78 is 20.9. The number of nitrogens with zero attached hydrogens (tertiary/aromatic N) is 3. The van der Waals surface area contributed by atoms with Gasteiger partial charge in [-0.3, -0.25) is 9.59 Å². The molecule has 2 aromatic rings. The predicted molar refractivity (Wildman–Crippen MR) is 121 cm³/mol. The molecule has 3 rings (SSSR count). The first-order valence-electron chi connectivity index (χ1n) is 11.3. The molecule has 0 bridgehead atoms. The number of amides is 2. The van der Waals surface area contributed by atoms with Crippen molar-refractivity contribution in [2.75, 3.05) is 33.4 Å². The number of unbranched alkanes of at least 4 members (excludes halogenated alkanes) is 1. The first-order valence-corrected chi connectivity index (χ1v) is 11.3. The maximum atomic E-state index is 14.0. The number of hydrogen-bond donors (Lipinski definition) is 2. The fourth-order valence-electron chi connectivity index (χ4n) is 4.29. The highest BCUT2D eigenvalue weighted by atomic mass is 19.1. The van der Waals surface area contributed by atoms with Gasteiger partial charge in [-0.15, -0.1) is 0 Å². The van der Waals surface area contributed by atoms with Gasteiger partial charge in [0.15, 0.2) is 5.82 Å². The molecule has 1 aromatic heterocycles. The van der Waals surface area contributed by atoms with Crippen molar-refractivity contribution in [2.24, 2.45) is 17.6 Å². The van der Waals surface area contributed by atoms with Crippen molar-refractivity contribution in [2.45, 2.75) is 45.7 Å². The number of carbonyl (C=O) groups excluding carboxylic acids is 2. The van der Waals surface area contributed by atoms with E-state index >= 15 is 0 Å². The molecule has 1 aliphatic heterocycles. The quantitative estimate of drug-likeness (QED) is 0.544. The summed E-state index contributed by atoms with van der Waals surface area (Å²) in [6.45, 7) is 6.88. The molecule has 2 heterocycles. The molecule has 1 saturated heterocycles. The van der Waals surface area contributed by atoms with E-state index in [-0.39, 0.29) is 35.5 Å². The van der Waals surface area contributed by atoms with E-state index in [1.165, 1.54) is 12.1 Å². The first kappa shape index (κ1) is 24.1. The fourth-order valence-corrected chi connectivity index (χ4v) is 4.29. The summed E-state index contributed by atoms with van der Waals surface area (Å²) in [5.41, 5.74) is 6.73. The topological polar surface area (TPSA) is 102 Å². The van der Waals surface area contributed by atoms with Crippen LogP contribution in [0.3, 0.4) is 0 Å². The van der Waals surface area contributed by atoms with Gasteiger partial charge in [-0.05, 0) is 43.4 Å². The largest absolute Gasteiger partial charge is 0.385 e. The number of halogens is 1. The molecule has 1 aliphatic rings. The minimum atomic E-state index is -0.366. The second-order valence-corrected chi connectivity index (χ2v) is 8.92. The van der Waals surface area contributed by atoms with Crippen molar-refractivity contribution in [3.63, 3.8) is 0 Å². The number of methoxy groups -OCH3 is 1. The van der Waals surface area contributed by atoms with Gasteiger partial charge in [0.1, 0.15) is 5.82 Å². The van der Waals surface area contributed by atoms with E-state index in [1.807, 2.05) is 18.4 Å². The number of piperidine rings is 1. The molecule has 0 spiro atoms. The SMILES string of the molecule is COCCCCn1c(C(=O)N(CC(C)C)C2CNCC(C(N)=O)C2)nc2ccc(F)cc21. The molecule has 0 radical (unpaired) electrons. The number of rotatable bonds is 10. The molecule has 1 aromatic carbocycles. The molecule has 2 amide bonds. The van der Waals surface area contributed by atoms with Gasteiger partial charge in [-0.2, -0.15) is 0 Å². The van der Waals surface area contributed by atoms with E-state index in [0.717, 1.165) is 12.8 Å². The number of imidazole rings is 1. The third kappa shape index (κ3) is 5.63. The number of aromatic nitrogens is 2. The molecule has 2 atom stereocenters. The van der Waals surface area contributed by atoms with Gasteiger partial charge < -0.3 is 25.3 Å². The van der Waals surface area contributed by atoms with Gasteiger partial charge in [0.05, 0.1) is 17.0 Å². The summed E-state index contributed by atoms with van der Waals surface area (Å²) >= 11 is 0. The molecule has 1 fully saturated rings. The lowest BCUT2D eigenvalue weighted by molar-refractivity contribution is -0.122. The number of fused-ring (bicyclic) bond motifs is 1. The van der Waals surface area contributed by atoms with Crippen LogP contribution in [0.25, 0.3) is 11.0 Å². The van der Waals surface area contributed by atoms with Crippen LogP contribution in [0.1, 0.15) is 43.7 Å². The standard InChI is InChI=1S/C23H34FN5O3/c1-15(2)14-29(18-10-16(21(25)30)12-26-13-18)23(31)22-27-19-7-6-17(24)11-20(19)28(22)8-4-5-9-32-3/h6-7,11,15-16,18,26H,4-5,8-10,12-14H2,1-3H3,(H2,25,30). The van der Waals surface area contributed by atoms with E-state index in [9.17, 15) is 14.0 Å². The van der Waals surface area contributed by atoms with E-state index in [0.29, 0.717) is 56.1 Å². The van der Waals surface area contributed by atoms with Crippen LogP contribution in [-0.4, -0.2) is 65.7 Å². The van der Waals surface area contributed by atoms with E-state index in [1.54, 1.807) is 18.1 Å². The molecule has 3 N–H and O–H groups in total. The maximum Gasteiger partial charge on any atom is 0.290 e. The average Bonchev–Trinajstić information content (AvgIpc) is 3.12. The number of ether oxygens (including phenoxy) is 1. The smallest absolute Gasteiger partial charge is 0.290 e. The predicted octanol–water partition coefficient (Wildman–Crippen LogP) is 2.16. The Hall–Kier alpha value is -2.52. The molecular weight excluding hydrogens is 413 g/mol. The average molecular weight is 448 g/mol. The van der Waals surface area contributed by atoms with E-state index < -0.39 is 0 Å². The summed E-state index contributed by atoms with van der Waals surface area (Å²) in [5.74, 6) is -0.735. The van der Waals surface area contributed by atoms with Gasteiger partial charge >= 0.3 is 0 Å². The Bertz CT molecular complexity index is 945. The molecule has 176 valence electrons. The van der Waals surface area contributed by atoms with E-state index in [2.05, 4.69) is 10.3 Å². The van der Waals surface area contributed by atoms with Gasteiger partial charge in [0.25, 0.3) is 5.91 Å². The van der Waals surface area contributed by atoms with Crippen LogP contribution in [0.5, 0.6) is 0 Å². The van der Waals surface area contributed by atoms with Crippen molar-refractivity contribution in [1.29, 1.82) is 0 Å².